The zero-order valence-corrected chi connectivity index (χ0v) is 72.8. The Morgan fingerprint density at radius 2 is 0.659 bits per heavy atom. The van der Waals surface area contributed by atoms with Crippen molar-refractivity contribution in [2.45, 2.75) is 193 Å². The van der Waals surface area contributed by atoms with Crippen LogP contribution in [0.4, 0.5) is 0 Å². The molecular weight excluding hydrogens is 1820 g/mol. The lowest BCUT2D eigenvalue weighted by molar-refractivity contribution is -0.190. The molecule has 18 rings (SSSR count). The van der Waals surface area contributed by atoms with E-state index in [1.165, 1.54) is 21.0 Å². The summed E-state index contributed by atoms with van der Waals surface area (Å²) in [6, 6.07) is 0. The van der Waals surface area contributed by atoms with Gasteiger partial charge in [0.2, 0.25) is 0 Å². The number of esters is 20. The molecule has 18 aliphatic rings. The molecular formula is C85H94O50. The molecule has 32 unspecified atom stereocenters. The van der Waals surface area contributed by atoms with Gasteiger partial charge in [0.1, 0.15) is 165 Å². The molecule has 18 saturated heterocycles. The number of fused-ring (bicyclic) bond motifs is 5. The van der Waals surface area contributed by atoms with E-state index in [9.17, 15) is 95.9 Å². The average Bonchev–Trinajstić information content (AvgIpc) is 1.57. The van der Waals surface area contributed by atoms with E-state index in [1.54, 1.807) is 20.8 Å². The van der Waals surface area contributed by atoms with E-state index in [-0.39, 0.29) is 63.4 Å². The summed E-state index contributed by atoms with van der Waals surface area (Å²) in [7, 11) is 1.20. The Morgan fingerprint density at radius 3 is 0.948 bits per heavy atom. The Hall–Kier alpha value is -12.3. The third kappa shape index (κ3) is 20.8. The minimum atomic E-state index is -1.00. The molecule has 0 radical (unpaired) electrons. The minimum Gasteiger partial charge on any atom is -0.469 e. The second-order valence-electron chi connectivity index (χ2n) is 34.2. The Kier molecular flexibility index (Phi) is 30.3. The number of ether oxygens (including phenoxy) is 30. The van der Waals surface area contributed by atoms with Gasteiger partial charge in [-0.25, -0.2) is 47.9 Å². The van der Waals surface area contributed by atoms with Crippen LogP contribution in [0.2, 0.25) is 0 Å². The fraction of sp³-hybridized carbons (Fsp3) is 0.647. The second-order valence-corrected chi connectivity index (χ2v) is 34.2. The standard InChI is InChI=1S/C18H20O10.C18H22O9.2C17H18O11.C15H16O9/c1-2-9(19)24-7-10(20)26-15-13-11(12-14(27-13)16(15)28-18(12)22)17(21)25-6-8-4-3-5-23-8;1-7(2)15(20)23-6-8(19)24-13-12-10(17(22)27-18(3,4)5)9-11(25-12)14(13)26-16(9)21;1-2-8(18)23-5-9(19)26-14-12-10(11-13(27-12)15(14)28-17(11)21)16(20)24-4-7-3-22-6-25-7;1-2-8(18)24-5-9(19)26-14-12-10(11-13(27-12)15(14)28-17(11)21)16(20)25-7-3-22-6-23-4-7;1-5(2)13(17)21-4-6(16)22-11-9-7(14(18)20-3)8-10(23-9)12(11)24-15(8)19/h2,8,11-16H,1,3-7H2;9-14H,1,6H2,2-5H3;2*2,7,10-15H,1,3-6H2;7-12H,1,4H2,2-3H3. The molecule has 50 nitrogen and oxygen atoms in total. The zero-order valence-electron chi connectivity index (χ0n) is 72.8. The van der Waals surface area contributed by atoms with Crippen LogP contribution in [0, 0.1) is 59.2 Å². The number of carbonyl (C=O) groups excluding carboxylic acids is 20. The largest absolute Gasteiger partial charge is 0.469 e. The van der Waals surface area contributed by atoms with Crippen molar-refractivity contribution in [2.24, 2.45) is 59.2 Å². The number of methoxy groups -OCH3 is 1. The van der Waals surface area contributed by atoms with Gasteiger partial charge in [-0.2, -0.15) is 0 Å². The van der Waals surface area contributed by atoms with Crippen molar-refractivity contribution >= 4 is 119 Å². The molecule has 50 heteroatoms. The van der Waals surface area contributed by atoms with Crippen LogP contribution in [0.15, 0.2) is 62.3 Å². The fourth-order valence-electron chi connectivity index (χ4n) is 18.8. The smallest absolute Gasteiger partial charge is 0.344 e. The third-order valence-corrected chi connectivity index (χ3v) is 24.3. The average molecular weight is 1920 g/mol. The molecule has 0 N–H and O–H groups in total. The van der Waals surface area contributed by atoms with Gasteiger partial charge in [0.25, 0.3) is 0 Å². The lowest BCUT2D eigenvalue weighted by Gasteiger charge is -2.29. The van der Waals surface area contributed by atoms with Crippen LogP contribution >= 0.6 is 0 Å². The summed E-state index contributed by atoms with van der Waals surface area (Å²) >= 11 is 0. The molecule has 18 fully saturated rings. The summed E-state index contributed by atoms with van der Waals surface area (Å²) in [6.45, 7) is 22.9. The van der Waals surface area contributed by atoms with Crippen molar-refractivity contribution in [3.8, 4) is 0 Å². The summed E-state index contributed by atoms with van der Waals surface area (Å²) in [5.74, 6) is -22.7. The summed E-state index contributed by atoms with van der Waals surface area (Å²) in [6.07, 6.45) is -13.3. The van der Waals surface area contributed by atoms with E-state index < -0.39 is 345 Å². The van der Waals surface area contributed by atoms with Gasteiger partial charge >= 0.3 is 119 Å². The summed E-state index contributed by atoms with van der Waals surface area (Å²) < 4.78 is 156. The van der Waals surface area contributed by atoms with Gasteiger partial charge in [-0.1, -0.05) is 32.9 Å². The van der Waals surface area contributed by atoms with Crippen molar-refractivity contribution in [3.63, 3.8) is 0 Å². The molecule has 10 bridgehead atoms. The van der Waals surface area contributed by atoms with Crippen molar-refractivity contribution in [1.29, 1.82) is 0 Å². The van der Waals surface area contributed by atoms with Crippen LogP contribution in [0.5, 0.6) is 0 Å². The molecule has 0 amide bonds. The fourth-order valence-corrected chi connectivity index (χ4v) is 18.8. The number of hydrogen-bond donors (Lipinski definition) is 0. The first kappa shape index (κ1) is 98.7. The van der Waals surface area contributed by atoms with Gasteiger partial charge in [-0.05, 0) is 47.5 Å². The molecule has 0 spiro atoms. The van der Waals surface area contributed by atoms with Crippen molar-refractivity contribution in [3.05, 3.63) is 62.3 Å². The number of carbonyl (C=O) groups is 20. The highest BCUT2D eigenvalue weighted by Gasteiger charge is 2.77. The van der Waals surface area contributed by atoms with Gasteiger partial charge in [0.05, 0.1) is 33.0 Å². The first-order valence-electron chi connectivity index (χ1n) is 42.4. The molecule has 18 aliphatic heterocycles. The summed E-state index contributed by atoms with van der Waals surface area (Å²) in [5, 5.41) is 0. The van der Waals surface area contributed by atoms with E-state index in [0.29, 0.717) is 13.2 Å². The molecule has 0 aromatic heterocycles. The predicted octanol–water partition coefficient (Wildman–Crippen LogP) is -4.32. The quantitative estimate of drug-likeness (QED) is 0.0373. The van der Waals surface area contributed by atoms with Crippen LogP contribution in [-0.4, -0.2) is 359 Å². The third-order valence-electron chi connectivity index (χ3n) is 24.3. The Labute approximate surface area is 763 Å². The number of rotatable bonds is 30. The van der Waals surface area contributed by atoms with E-state index in [4.69, 9.17) is 128 Å². The summed E-state index contributed by atoms with van der Waals surface area (Å²) in [5.41, 5.74) is -0.461. The van der Waals surface area contributed by atoms with E-state index >= 15 is 0 Å². The van der Waals surface area contributed by atoms with E-state index in [2.05, 4.69) is 47.1 Å². The molecule has 0 aromatic carbocycles. The molecule has 18 heterocycles. The van der Waals surface area contributed by atoms with Crippen LogP contribution in [0.25, 0.3) is 0 Å². The van der Waals surface area contributed by atoms with E-state index in [0.717, 1.165) is 31.1 Å². The predicted molar refractivity (Wildman–Crippen MR) is 413 cm³/mol. The van der Waals surface area contributed by atoms with Crippen molar-refractivity contribution < 1.29 is 238 Å². The van der Waals surface area contributed by atoms with Crippen LogP contribution in [0.3, 0.4) is 0 Å². The Bertz CT molecular complexity index is 4650. The van der Waals surface area contributed by atoms with Gasteiger partial charge in [0, 0.05) is 36.0 Å². The summed E-state index contributed by atoms with van der Waals surface area (Å²) in [4.78, 5) is 239. The van der Waals surface area contributed by atoms with Crippen LogP contribution < -0.4 is 0 Å². The maximum atomic E-state index is 12.7. The normalized spacial score (nSPS) is 35.9. The highest BCUT2D eigenvalue weighted by molar-refractivity contribution is 5.93. The van der Waals surface area contributed by atoms with Crippen molar-refractivity contribution in [1.82, 2.24) is 0 Å². The second kappa shape index (κ2) is 41.5. The van der Waals surface area contributed by atoms with Crippen molar-refractivity contribution in [2.75, 3.05) is 93.4 Å². The lowest BCUT2D eigenvalue weighted by Crippen LogP contribution is -2.49. The Balaban J connectivity index is 0.000000135. The minimum absolute atomic E-state index is 0.0279. The highest BCUT2D eigenvalue weighted by atomic mass is 16.7. The molecule has 0 aliphatic carbocycles. The number of hydrogen-bond acceptors (Lipinski definition) is 50. The first-order valence-corrected chi connectivity index (χ1v) is 42.4. The van der Waals surface area contributed by atoms with Gasteiger partial charge < -0.3 is 142 Å². The monoisotopic (exact) mass is 1910 g/mol. The first-order chi connectivity index (χ1) is 64.3. The van der Waals surface area contributed by atoms with Crippen LogP contribution in [0.1, 0.15) is 47.5 Å². The lowest BCUT2D eigenvalue weighted by atomic mass is 9.78. The molecule has 32 atom stereocenters. The topological polar surface area (TPSA) is 618 Å². The molecule has 734 valence electrons. The molecule has 135 heavy (non-hydrogen) atoms. The highest BCUT2D eigenvalue weighted by Crippen LogP contribution is 2.57. The maximum absolute atomic E-state index is 12.7. The van der Waals surface area contributed by atoms with Gasteiger partial charge in [-0.3, -0.25) is 47.9 Å². The zero-order chi connectivity index (χ0) is 97.2. The van der Waals surface area contributed by atoms with Gasteiger partial charge in [-0.15, -0.1) is 0 Å². The Morgan fingerprint density at radius 1 is 0.356 bits per heavy atom. The SMILES string of the molecule is C=C(C)C(=O)OCC(=O)OC1C2OC(=O)C3C2OC1C3C(=O)OC.C=C(C)C(=O)OCC(=O)OC1C2OC(=O)C3C2OC1C3C(=O)OC(C)(C)C.C=CC(=O)OCC(=O)OC1C2OC(=O)C3C2OC1C3C(=O)OC1COCOC1.C=CC(=O)OCC(=O)OC1C2OC(=O)C3C2OC1C3C(=O)OCC1CCCO1.C=CC(=O)OCC(=O)OC1C2OC(=O)C3C2OC1C3C(=O)OCC1COCO1. The maximum Gasteiger partial charge on any atom is 0.344 e. The van der Waals surface area contributed by atoms with Gasteiger partial charge in [0.15, 0.2) is 94.1 Å². The van der Waals surface area contributed by atoms with E-state index in [1.807, 2.05) is 0 Å². The van der Waals surface area contributed by atoms with Crippen LogP contribution in [-0.2, 0) is 238 Å². The molecule has 0 saturated carbocycles. The molecule has 0 aromatic rings.